The molecule has 1 aromatic rings. The van der Waals surface area contributed by atoms with Crippen LogP contribution >= 0.6 is 47.0 Å². The van der Waals surface area contributed by atoms with Crippen LogP contribution in [0.4, 0.5) is 0 Å². The van der Waals surface area contributed by atoms with Crippen molar-refractivity contribution in [1.82, 2.24) is 0 Å². The Morgan fingerprint density at radius 1 is 0.923 bits per heavy atom. The Bertz CT molecular complexity index is 857. The molecule has 0 radical (unpaired) electrons. The predicted molar refractivity (Wildman–Crippen MR) is 166 cm³/mol. The summed E-state index contributed by atoms with van der Waals surface area (Å²) in [7, 11) is 0. The van der Waals surface area contributed by atoms with Gasteiger partial charge in [0.15, 0.2) is 12.7 Å². The minimum atomic E-state index is -1.30. The summed E-state index contributed by atoms with van der Waals surface area (Å²) in [4.78, 5) is 23.6. The molecule has 0 bridgehead atoms. The molecule has 0 aliphatic heterocycles. The molecule has 2 atom stereocenters. The van der Waals surface area contributed by atoms with Crippen LogP contribution < -0.4 is 9.47 Å². The number of thioether (sulfide) groups is 4. The van der Waals surface area contributed by atoms with Crippen molar-refractivity contribution in [1.29, 1.82) is 0 Å². The van der Waals surface area contributed by atoms with Gasteiger partial charge in [0.1, 0.15) is 18.1 Å². The molecule has 0 fully saturated rings. The largest absolute Gasteiger partial charge is 0.489 e. The summed E-state index contributed by atoms with van der Waals surface area (Å²) in [5, 5.41) is 0. The third-order valence-electron chi connectivity index (χ3n) is 4.66. The Morgan fingerprint density at radius 3 is 2.26 bits per heavy atom. The van der Waals surface area contributed by atoms with Crippen molar-refractivity contribution in [3.8, 4) is 11.5 Å². The summed E-state index contributed by atoms with van der Waals surface area (Å²) < 4.78 is 34.1. The van der Waals surface area contributed by atoms with E-state index in [2.05, 4.69) is 19.4 Å². The van der Waals surface area contributed by atoms with Crippen molar-refractivity contribution >= 4 is 59.0 Å². The summed E-state index contributed by atoms with van der Waals surface area (Å²) in [6.45, 7) is 9.35. The number of benzene rings is 1. The molecule has 0 N–H and O–H groups in total. The number of hydrogen-bond acceptors (Lipinski definition) is 12. The molecule has 0 heterocycles. The van der Waals surface area contributed by atoms with Gasteiger partial charge in [0.05, 0.1) is 19.2 Å². The maximum atomic E-state index is 11.9. The summed E-state index contributed by atoms with van der Waals surface area (Å²) in [6, 6.07) is 6.98. The maximum Gasteiger partial charge on any atom is 0.332 e. The van der Waals surface area contributed by atoms with Crippen LogP contribution in [0, 0.1) is 0 Å². The lowest BCUT2D eigenvalue weighted by Gasteiger charge is -2.29. The van der Waals surface area contributed by atoms with Gasteiger partial charge in [0, 0.05) is 53.9 Å². The van der Waals surface area contributed by atoms with Gasteiger partial charge in [-0.25, -0.2) is 9.59 Å². The molecule has 1 aromatic carbocycles. The second-order valence-corrected chi connectivity index (χ2v) is 12.2. The molecule has 0 aliphatic rings. The molecule has 220 valence electrons. The maximum absolute atomic E-state index is 11.9. The van der Waals surface area contributed by atoms with Gasteiger partial charge in [-0.15, -0.1) is 11.8 Å². The van der Waals surface area contributed by atoms with Crippen molar-refractivity contribution in [2.45, 2.75) is 18.8 Å². The predicted octanol–water partition coefficient (Wildman–Crippen LogP) is 5.17. The molecule has 0 amide bonds. The minimum Gasteiger partial charge on any atom is -0.489 e. The van der Waals surface area contributed by atoms with Crippen molar-refractivity contribution < 1.29 is 38.0 Å². The molecule has 39 heavy (non-hydrogen) atoms. The van der Waals surface area contributed by atoms with E-state index in [1.54, 1.807) is 54.7 Å². The van der Waals surface area contributed by atoms with Crippen LogP contribution in [0.1, 0.15) is 6.92 Å². The average Bonchev–Trinajstić information content (AvgIpc) is 2.94. The van der Waals surface area contributed by atoms with Crippen LogP contribution in [0.3, 0.4) is 0 Å². The zero-order chi connectivity index (χ0) is 28.8. The van der Waals surface area contributed by atoms with Crippen molar-refractivity contribution in [2.24, 2.45) is 0 Å². The highest BCUT2D eigenvalue weighted by atomic mass is 32.2. The molecule has 12 heteroatoms. The fourth-order valence-corrected chi connectivity index (χ4v) is 5.85. The Hall–Kier alpha value is -1.44. The smallest absolute Gasteiger partial charge is 0.332 e. The van der Waals surface area contributed by atoms with Crippen LogP contribution in [0.25, 0.3) is 0 Å². The first-order valence-corrected chi connectivity index (χ1v) is 17.3. The van der Waals surface area contributed by atoms with E-state index in [9.17, 15) is 9.59 Å². The Labute approximate surface area is 249 Å². The topological polar surface area (TPSA) is 89.5 Å². The van der Waals surface area contributed by atoms with Crippen LogP contribution in [-0.4, -0.2) is 97.5 Å². The summed E-state index contributed by atoms with van der Waals surface area (Å²) >= 11 is 6.98. The van der Waals surface area contributed by atoms with E-state index in [0.29, 0.717) is 24.0 Å². The highest BCUT2D eigenvalue weighted by Gasteiger charge is 2.30. The van der Waals surface area contributed by atoms with Crippen LogP contribution in [0.15, 0.2) is 49.6 Å². The summed E-state index contributed by atoms with van der Waals surface area (Å²) in [6.07, 6.45) is 5.72. The third-order valence-corrected chi connectivity index (χ3v) is 8.13. The number of carbonyl (C=O) groups is 2. The summed E-state index contributed by atoms with van der Waals surface area (Å²) in [5.41, 5.74) is 0. The lowest BCUT2D eigenvalue weighted by molar-refractivity contribution is -0.222. The first-order valence-electron chi connectivity index (χ1n) is 12.2. The molecular weight excluding hydrogens is 581 g/mol. The Balaban J connectivity index is 2.66. The van der Waals surface area contributed by atoms with E-state index >= 15 is 0 Å². The van der Waals surface area contributed by atoms with Gasteiger partial charge in [0.2, 0.25) is 5.79 Å². The zero-order valence-corrected chi connectivity index (χ0v) is 26.2. The number of ether oxygens (including phenoxy) is 6. The lowest BCUT2D eigenvalue weighted by atomic mass is 10.3. The number of carbonyl (C=O) groups excluding carboxylic acids is 2. The molecule has 8 nitrogen and oxygen atoms in total. The SMILES string of the molecule is C=CC(=O)OC(COCCSCCSC)COc1cccc(OCC(C)(OCSCCSC)OC(=O)C=C)c1. The second-order valence-electron chi connectivity index (χ2n) is 7.94. The summed E-state index contributed by atoms with van der Waals surface area (Å²) in [5.74, 6) is 3.85. The average molecular weight is 621 g/mol. The fraction of sp³-hybridized carbons (Fsp3) is 0.556. The van der Waals surface area contributed by atoms with E-state index in [1.807, 2.05) is 29.8 Å². The molecule has 2 unspecified atom stereocenters. The van der Waals surface area contributed by atoms with Crippen molar-refractivity contribution in [3.63, 3.8) is 0 Å². The number of esters is 2. The third kappa shape index (κ3) is 17.8. The van der Waals surface area contributed by atoms with E-state index < -0.39 is 23.8 Å². The highest BCUT2D eigenvalue weighted by Crippen LogP contribution is 2.23. The number of hydrogen-bond donors (Lipinski definition) is 0. The molecule has 1 rings (SSSR count). The second kappa shape index (κ2) is 22.3. The van der Waals surface area contributed by atoms with Gasteiger partial charge in [-0.05, 0) is 24.6 Å². The molecule has 0 aromatic heterocycles. The molecule has 0 spiro atoms. The zero-order valence-electron chi connectivity index (χ0n) is 22.9. The van der Waals surface area contributed by atoms with Gasteiger partial charge in [-0.3, -0.25) is 0 Å². The highest BCUT2D eigenvalue weighted by molar-refractivity contribution is 8.02. The van der Waals surface area contributed by atoms with Gasteiger partial charge >= 0.3 is 11.9 Å². The monoisotopic (exact) mass is 620 g/mol. The Kier molecular flexibility index (Phi) is 20.3. The van der Waals surface area contributed by atoms with Gasteiger partial charge in [0.25, 0.3) is 0 Å². The van der Waals surface area contributed by atoms with Gasteiger partial charge in [-0.2, -0.15) is 35.3 Å². The van der Waals surface area contributed by atoms with Gasteiger partial charge < -0.3 is 28.4 Å². The first-order chi connectivity index (χ1) is 18.9. The molecule has 0 aliphatic carbocycles. The molecule has 0 saturated heterocycles. The van der Waals surface area contributed by atoms with E-state index in [0.717, 1.165) is 40.9 Å². The van der Waals surface area contributed by atoms with Gasteiger partial charge in [-0.1, -0.05) is 19.2 Å². The van der Waals surface area contributed by atoms with Crippen molar-refractivity contribution in [2.75, 3.05) is 73.6 Å². The van der Waals surface area contributed by atoms with Crippen LogP contribution in [-0.2, 0) is 28.5 Å². The van der Waals surface area contributed by atoms with Crippen LogP contribution in [0.5, 0.6) is 11.5 Å². The lowest BCUT2D eigenvalue weighted by Crippen LogP contribution is -2.40. The Morgan fingerprint density at radius 2 is 1.59 bits per heavy atom. The fourth-order valence-electron chi connectivity index (χ4n) is 2.69. The quantitative estimate of drug-likeness (QED) is 0.0661. The molecular formula is C27H40O8S4. The van der Waals surface area contributed by atoms with Crippen molar-refractivity contribution in [3.05, 3.63) is 49.6 Å². The number of rotatable bonds is 24. The minimum absolute atomic E-state index is 0.0402. The molecule has 0 saturated carbocycles. The standard InChI is InChI=1S/C27H40O8S4/c1-6-25(28)34-24(18-30-11-12-38-15-13-36-4)19-31-22-9-8-10-23(17-22)32-20-27(3,35-26(29)7-2)33-21-39-16-14-37-5/h6-10,17,24H,1-2,11-16,18-21H2,3-5H3. The van der Waals surface area contributed by atoms with E-state index in [-0.39, 0.29) is 19.8 Å². The van der Waals surface area contributed by atoms with E-state index in [1.165, 1.54) is 0 Å². The first kappa shape index (κ1) is 35.6. The van der Waals surface area contributed by atoms with Crippen LogP contribution in [0.2, 0.25) is 0 Å². The van der Waals surface area contributed by atoms with E-state index in [4.69, 9.17) is 28.4 Å². The normalized spacial score (nSPS) is 13.1.